The zero-order chi connectivity index (χ0) is 12.7. The zero-order valence-electron chi connectivity index (χ0n) is 10.9. The molecule has 1 aromatic carbocycles. The number of rotatable bonds is 5. The predicted octanol–water partition coefficient (Wildman–Crippen LogP) is 3.72. The Morgan fingerprint density at radius 1 is 1.29 bits per heavy atom. The molecule has 0 aliphatic rings. The van der Waals surface area contributed by atoms with E-state index < -0.39 is 0 Å². The van der Waals surface area contributed by atoms with Crippen LogP contribution in [0.4, 0.5) is 5.69 Å². The summed E-state index contributed by atoms with van der Waals surface area (Å²) < 4.78 is 0. The van der Waals surface area contributed by atoms with Gasteiger partial charge in [-0.25, -0.2) is 0 Å². The van der Waals surface area contributed by atoms with Crippen molar-refractivity contribution in [2.45, 2.75) is 46.1 Å². The Hall–Kier alpha value is -1.09. The Kier molecular flexibility index (Phi) is 5.98. The van der Waals surface area contributed by atoms with Crippen molar-refractivity contribution in [1.82, 2.24) is 5.32 Å². The highest BCUT2D eigenvalue weighted by Gasteiger charge is 2.04. The lowest BCUT2D eigenvalue weighted by molar-refractivity contribution is 0.739. The summed E-state index contributed by atoms with van der Waals surface area (Å²) in [6, 6.07) is 8.72. The molecule has 0 bridgehead atoms. The largest absolute Gasteiger partial charge is 0.360 e. The van der Waals surface area contributed by atoms with Crippen LogP contribution >= 0.6 is 12.2 Å². The molecule has 2 N–H and O–H groups in total. The molecule has 17 heavy (non-hydrogen) atoms. The van der Waals surface area contributed by atoms with E-state index >= 15 is 0 Å². The third-order valence-corrected chi connectivity index (χ3v) is 2.70. The normalized spacial score (nSPS) is 10.4. The Morgan fingerprint density at radius 3 is 2.65 bits per heavy atom. The van der Waals surface area contributed by atoms with Crippen LogP contribution in [0.3, 0.4) is 0 Å². The summed E-state index contributed by atoms with van der Waals surface area (Å²) in [6.45, 7) is 6.37. The van der Waals surface area contributed by atoms with Gasteiger partial charge >= 0.3 is 0 Å². The van der Waals surface area contributed by atoms with Gasteiger partial charge in [0.1, 0.15) is 0 Å². The van der Waals surface area contributed by atoms with E-state index in [1.807, 2.05) is 6.07 Å². The predicted molar refractivity (Wildman–Crippen MR) is 79.5 cm³/mol. The molecule has 0 radical (unpaired) electrons. The molecule has 0 saturated carbocycles. The molecule has 3 heteroatoms. The highest BCUT2D eigenvalue weighted by Crippen LogP contribution is 2.17. The fraction of sp³-hybridized carbons (Fsp3) is 0.500. The average molecular weight is 250 g/mol. The van der Waals surface area contributed by atoms with E-state index in [9.17, 15) is 0 Å². The Morgan fingerprint density at radius 2 is 2.00 bits per heavy atom. The van der Waals surface area contributed by atoms with Crippen molar-refractivity contribution >= 4 is 23.0 Å². The lowest BCUT2D eigenvalue weighted by Gasteiger charge is -2.15. The van der Waals surface area contributed by atoms with Crippen LogP contribution in [0.1, 0.15) is 39.2 Å². The molecule has 0 amide bonds. The van der Waals surface area contributed by atoms with Gasteiger partial charge in [0, 0.05) is 11.7 Å². The van der Waals surface area contributed by atoms with Crippen molar-refractivity contribution in [1.29, 1.82) is 0 Å². The van der Waals surface area contributed by atoms with Crippen molar-refractivity contribution in [2.75, 3.05) is 5.32 Å². The van der Waals surface area contributed by atoms with Gasteiger partial charge < -0.3 is 10.6 Å². The van der Waals surface area contributed by atoms with E-state index in [1.54, 1.807) is 0 Å². The van der Waals surface area contributed by atoms with Gasteiger partial charge in [-0.1, -0.05) is 31.5 Å². The molecule has 0 heterocycles. The van der Waals surface area contributed by atoms with Crippen molar-refractivity contribution in [3.63, 3.8) is 0 Å². The minimum atomic E-state index is 0.359. The van der Waals surface area contributed by atoms with Crippen molar-refractivity contribution in [2.24, 2.45) is 0 Å². The second-order valence-electron chi connectivity index (χ2n) is 4.51. The maximum absolute atomic E-state index is 5.26. The molecule has 1 rings (SSSR count). The van der Waals surface area contributed by atoms with Gasteiger partial charge in [0.05, 0.1) is 0 Å². The zero-order valence-corrected chi connectivity index (χ0v) is 11.7. The molecule has 2 nitrogen and oxygen atoms in total. The van der Waals surface area contributed by atoms with Crippen LogP contribution in [0.2, 0.25) is 0 Å². The van der Waals surface area contributed by atoms with E-state index in [2.05, 4.69) is 49.6 Å². The first kappa shape index (κ1) is 14.0. The van der Waals surface area contributed by atoms with Gasteiger partial charge in [0.2, 0.25) is 0 Å². The summed E-state index contributed by atoms with van der Waals surface area (Å²) in [6.07, 6.45) is 3.52. The minimum absolute atomic E-state index is 0.359. The summed E-state index contributed by atoms with van der Waals surface area (Å²) in [5.41, 5.74) is 2.46. The van der Waals surface area contributed by atoms with E-state index in [0.717, 1.165) is 12.1 Å². The van der Waals surface area contributed by atoms with Crippen LogP contribution in [-0.2, 0) is 6.42 Å². The van der Waals surface area contributed by atoms with Gasteiger partial charge in [0.25, 0.3) is 0 Å². The van der Waals surface area contributed by atoms with Gasteiger partial charge in [0.15, 0.2) is 5.11 Å². The smallest absolute Gasteiger partial charge is 0.170 e. The number of benzene rings is 1. The van der Waals surface area contributed by atoms with Crippen LogP contribution in [0.15, 0.2) is 24.3 Å². The Labute approximate surface area is 110 Å². The first-order chi connectivity index (χ1) is 8.13. The molecule has 0 aliphatic heterocycles. The minimum Gasteiger partial charge on any atom is -0.360 e. The molecular formula is C14H22N2S. The molecule has 0 unspecified atom stereocenters. The van der Waals surface area contributed by atoms with Crippen LogP contribution in [-0.4, -0.2) is 11.2 Å². The summed E-state index contributed by atoms with van der Waals surface area (Å²) in [5.74, 6) is 0. The van der Waals surface area contributed by atoms with Crippen molar-refractivity contribution in [3.8, 4) is 0 Å². The monoisotopic (exact) mass is 250 g/mol. The first-order valence-corrected chi connectivity index (χ1v) is 6.69. The van der Waals surface area contributed by atoms with Crippen LogP contribution in [0.25, 0.3) is 0 Å². The van der Waals surface area contributed by atoms with Crippen molar-refractivity contribution in [3.05, 3.63) is 29.8 Å². The van der Waals surface area contributed by atoms with Gasteiger partial charge in [-0.05, 0) is 50.5 Å². The maximum Gasteiger partial charge on any atom is 0.170 e. The number of anilines is 1. The second kappa shape index (κ2) is 7.28. The van der Waals surface area contributed by atoms with Crippen molar-refractivity contribution < 1.29 is 0 Å². The third-order valence-electron chi connectivity index (χ3n) is 2.49. The highest BCUT2D eigenvalue weighted by atomic mass is 32.1. The summed E-state index contributed by atoms with van der Waals surface area (Å²) >= 11 is 5.26. The van der Waals surface area contributed by atoms with Gasteiger partial charge in [-0.3, -0.25) is 0 Å². The number of nitrogens with one attached hydrogen (secondary N) is 2. The van der Waals surface area contributed by atoms with Crippen LogP contribution in [0.5, 0.6) is 0 Å². The quantitative estimate of drug-likeness (QED) is 0.779. The lowest BCUT2D eigenvalue weighted by atomic mass is 10.1. The van der Waals surface area contributed by atoms with Gasteiger partial charge in [-0.2, -0.15) is 0 Å². The molecule has 0 fully saturated rings. The number of aryl methyl sites for hydroxylation is 1. The highest BCUT2D eigenvalue weighted by molar-refractivity contribution is 7.80. The Balaban J connectivity index is 2.65. The lowest BCUT2D eigenvalue weighted by Crippen LogP contribution is -2.34. The van der Waals surface area contributed by atoms with Crippen LogP contribution < -0.4 is 10.6 Å². The van der Waals surface area contributed by atoms with E-state index in [4.69, 9.17) is 12.2 Å². The molecule has 0 atom stereocenters. The summed E-state index contributed by atoms with van der Waals surface area (Å²) in [4.78, 5) is 0. The number of thiocarbonyl (C=S) groups is 1. The molecule has 0 aliphatic carbocycles. The van der Waals surface area contributed by atoms with E-state index in [-0.39, 0.29) is 0 Å². The number of para-hydroxylation sites is 1. The Bertz CT molecular complexity index is 361. The molecule has 0 saturated heterocycles. The number of hydrogen-bond acceptors (Lipinski definition) is 1. The fourth-order valence-corrected chi connectivity index (χ4v) is 1.99. The topological polar surface area (TPSA) is 24.1 Å². The molecule has 1 aromatic rings. The van der Waals surface area contributed by atoms with Crippen LogP contribution in [0, 0.1) is 0 Å². The summed E-state index contributed by atoms with van der Waals surface area (Å²) in [7, 11) is 0. The molecular weight excluding hydrogens is 228 g/mol. The SMILES string of the molecule is CCCCc1ccccc1NC(=S)NC(C)C. The van der Waals surface area contributed by atoms with Gasteiger partial charge in [-0.15, -0.1) is 0 Å². The molecule has 94 valence electrons. The number of unbranched alkanes of at least 4 members (excludes halogenated alkanes) is 1. The third kappa shape index (κ3) is 5.18. The second-order valence-corrected chi connectivity index (χ2v) is 4.92. The standard InChI is InChI=1S/C14H22N2S/c1-4-5-8-12-9-6-7-10-13(12)16-14(17)15-11(2)3/h6-7,9-11H,4-5,8H2,1-3H3,(H2,15,16,17). The number of hydrogen-bond donors (Lipinski definition) is 2. The first-order valence-electron chi connectivity index (χ1n) is 6.29. The summed E-state index contributed by atoms with van der Waals surface area (Å²) in [5, 5.41) is 7.16. The van der Waals surface area contributed by atoms with E-state index in [0.29, 0.717) is 11.2 Å². The maximum atomic E-state index is 5.26. The average Bonchev–Trinajstić information content (AvgIpc) is 2.26. The molecule has 0 spiro atoms. The van der Waals surface area contributed by atoms with E-state index in [1.165, 1.54) is 18.4 Å². The molecule has 0 aromatic heterocycles. The fourth-order valence-electron chi connectivity index (χ4n) is 1.65.